The van der Waals surface area contributed by atoms with Crippen molar-refractivity contribution in [1.82, 2.24) is 4.98 Å². The van der Waals surface area contributed by atoms with E-state index in [1.165, 1.54) is 12.1 Å². The smallest absolute Gasteiger partial charge is 0.352 e. The van der Waals surface area contributed by atoms with Crippen LogP contribution in [-0.2, 0) is 6.42 Å². The van der Waals surface area contributed by atoms with Gasteiger partial charge in [-0.05, 0) is 24.1 Å². The minimum atomic E-state index is -1.06. The maximum absolute atomic E-state index is 11.8. The Morgan fingerprint density at radius 3 is 2.28 bits per heavy atom. The Hall–Kier alpha value is -2.36. The predicted octanol–water partition coefficient (Wildman–Crippen LogP) is 2.53. The van der Waals surface area contributed by atoms with Crippen LogP contribution in [0.3, 0.4) is 0 Å². The van der Waals surface area contributed by atoms with E-state index in [1.54, 1.807) is 0 Å². The fourth-order valence-electron chi connectivity index (χ4n) is 1.72. The average molecular weight is 243 g/mol. The first kappa shape index (κ1) is 12.1. The van der Waals surface area contributed by atoms with Gasteiger partial charge in [-0.2, -0.15) is 0 Å². The summed E-state index contributed by atoms with van der Waals surface area (Å²) in [6.45, 7) is 0. The first-order chi connectivity index (χ1) is 8.66. The Balaban J connectivity index is 1.97. The molecule has 2 N–H and O–H groups in total. The normalized spacial score (nSPS) is 10.2. The highest BCUT2D eigenvalue weighted by Crippen LogP contribution is 2.09. The zero-order valence-electron chi connectivity index (χ0n) is 9.72. The lowest BCUT2D eigenvalue weighted by Crippen LogP contribution is -2.03. The number of aromatic amines is 1. The summed E-state index contributed by atoms with van der Waals surface area (Å²) in [5, 5.41) is 8.75. The molecule has 0 saturated carbocycles. The van der Waals surface area contributed by atoms with Crippen molar-refractivity contribution in [2.45, 2.75) is 12.8 Å². The summed E-state index contributed by atoms with van der Waals surface area (Å²) in [5.74, 6) is -1.14. The Bertz CT molecular complexity index is 557. The molecular formula is C14H13NO3. The van der Waals surface area contributed by atoms with E-state index >= 15 is 0 Å². The Kier molecular flexibility index (Phi) is 3.57. The Morgan fingerprint density at radius 2 is 1.67 bits per heavy atom. The molecule has 4 heteroatoms. The number of benzene rings is 1. The number of ketones is 1. The number of carbonyl (C=O) groups is 2. The van der Waals surface area contributed by atoms with Gasteiger partial charge in [-0.3, -0.25) is 4.79 Å². The van der Waals surface area contributed by atoms with E-state index in [0.717, 1.165) is 5.56 Å². The van der Waals surface area contributed by atoms with Crippen LogP contribution in [0.4, 0.5) is 0 Å². The summed E-state index contributed by atoms with van der Waals surface area (Å²) in [5.41, 5.74) is 1.48. The van der Waals surface area contributed by atoms with Crippen LogP contribution in [0.25, 0.3) is 0 Å². The Morgan fingerprint density at radius 1 is 1.00 bits per heavy atom. The van der Waals surface area contributed by atoms with Crippen LogP contribution in [0.1, 0.15) is 33.0 Å². The largest absolute Gasteiger partial charge is 0.477 e. The molecule has 2 rings (SSSR count). The molecule has 92 valence electrons. The minimum Gasteiger partial charge on any atom is -0.477 e. The number of aryl methyl sites for hydroxylation is 1. The van der Waals surface area contributed by atoms with Crippen LogP contribution in [0.2, 0.25) is 0 Å². The average Bonchev–Trinajstić information content (AvgIpc) is 2.87. The van der Waals surface area contributed by atoms with E-state index < -0.39 is 5.97 Å². The molecule has 0 atom stereocenters. The highest BCUT2D eigenvalue weighted by atomic mass is 16.4. The van der Waals surface area contributed by atoms with Crippen LogP contribution in [-0.4, -0.2) is 21.8 Å². The van der Waals surface area contributed by atoms with Gasteiger partial charge >= 0.3 is 5.97 Å². The second-order valence-corrected chi connectivity index (χ2v) is 4.00. The van der Waals surface area contributed by atoms with Gasteiger partial charge in [0.25, 0.3) is 0 Å². The van der Waals surface area contributed by atoms with Gasteiger partial charge in [0.15, 0.2) is 5.78 Å². The zero-order valence-corrected chi connectivity index (χ0v) is 9.72. The molecule has 1 aromatic heterocycles. The van der Waals surface area contributed by atoms with Crippen LogP contribution >= 0.6 is 0 Å². The van der Waals surface area contributed by atoms with E-state index in [4.69, 9.17) is 5.11 Å². The number of aromatic carboxylic acids is 1. The van der Waals surface area contributed by atoms with Gasteiger partial charge in [0.2, 0.25) is 0 Å². The maximum Gasteiger partial charge on any atom is 0.352 e. The number of hydrogen-bond donors (Lipinski definition) is 2. The summed E-state index contributed by atoms with van der Waals surface area (Å²) in [7, 11) is 0. The number of hydrogen-bond acceptors (Lipinski definition) is 2. The number of H-pyrrole nitrogens is 1. The molecule has 0 amide bonds. The second kappa shape index (κ2) is 5.31. The maximum atomic E-state index is 11.8. The quantitative estimate of drug-likeness (QED) is 0.793. The van der Waals surface area contributed by atoms with Crippen molar-refractivity contribution >= 4 is 11.8 Å². The molecular weight excluding hydrogens is 230 g/mol. The number of nitrogens with one attached hydrogen (secondary N) is 1. The molecule has 4 nitrogen and oxygen atoms in total. The number of aromatic nitrogens is 1. The van der Waals surface area contributed by atoms with Gasteiger partial charge in [-0.15, -0.1) is 0 Å². The third-order valence-corrected chi connectivity index (χ3v) is 2.70. The van der Waals surface area contributed by atoms with Gasteiger partial charge < -0.3 is 10.1 Å². The first-order valence-electron chi connectivity index (χ1n) is 5.66. The lowest BCUT2D eigenvalue weighted by Gasteiger charge is -1.99. The van der Waals surface area contributed by atoms with Crippen LogP contribution < -0.4 is 0 Å². The fourth-order valence-corrected chi connectivity index (χ4v) is 1.72. The molecule has 18 heavy (non-hydrogen) atoms. The van der Waals surface area contributed by atoms with E-state index in [9.17, 15) is 9.59 Å². The topological polar surface area (TPSA) is 70.2 Å². The molecule has 0 bridgehead atoms. The van der Waals surface area contributed by atoms with E-state index in [0.29, 0.717) is 18.5 Å². The lowest BCUT2D eigenvalue weighted by molar-refractivity contribution is 0.0691. The molecule has 1 heterocycles. The van der Waals surface area contributed by atoms with Crippen LogP contribution in [0, 0.1) is 0 Å². The predicted molar refractivity (Wildman–Crippen MR) is 66.8 cm³/mol. The first-order valence-corrected chi connectivity index (χ1v) is 5.66. The zero-order chi connectivity index (χ0) is 13.0. The van der Waals surface area contributed by atoms with Gasteiger partial charge in [0, 0.05) is 6.42 Å². The summed E-state index contributed by atoms with van der Waals surface area (Å²) < 4.78 is 0. The third kappa shape index (κ3) is 2.85. The number of rotatable bonds is 5. The molecule has 0 fully saturated rings. The number of carbonyl (C=O) groups excluding carboxylic acids is 1. The third-order valence-electron chi connectivity index (χ3n) is 2.70. The molecule has 0 radical (unpaired) electrons. The molecule has 0 saturated heterocycles. The molecule has 0 aliphatic rings. The summed E-state index contributed by atoms with van der Waals surface area (Å²) >= 11 is 0. The van der Waals surface area contributed by atoms with Crippen molar-refractivity contribution in [3.05, 3.63) is 59.4 Å². The second-order valence-electron chi connectivity index (χ2n) is 4.00. The van der Waals surface area contributed by atoms with E-state index in [1.807, 2.05) is 30.3 Å². The SMILES string of the molecule is O=C(O)c1ccc(C(=O)CCc2ccccc2)[nH]1. The molecule has 0 aliphatic carbocycles. The standard InChI is InChI=1S/C14H13NO3/c16-13(9-6-10-4-2-1-3-5-10)11-7-8-12(15-11)14(17)18/h1-5,7-8,15H,6,9H2,(H,17,18). The van der Waals surface area contributed by atoms with E-state index in [-0.39, 0.29) is 11.5 Å². The van der Waals surface area contributed by atoms with Gasteiger partial charge in [0.1, 0.15) is 5.69 Å². The van der Waals surface area contributed by atoms with Crippen molar-refractivity contribution in [3.8, 4) is 0 Å². The highest BCUT2D eigenvalue weighted by molar-refractivity contribution is 5.96. The van der Waals surface area contributed by atoms with Gasteiger partial charge in [0.05, 0.1) is 5.69 Å². The summed E-state index contributed by atoms with van der Waals surface area (Å²) in [4.78, 5) is 25.1. The minimum absolute atomic E-state index is 0.0399. The molecule has 0 unspecified atom stereocenters. The van der Waals surface area contributed by atoms with Crippen molar-refractivity contribution in [2.24, 2.45) is 0 Å². The van der Waals surface area contributed by atoms with E-state index in [2.05, 4.69) is 4.98 Å². The van der Waals surface area contributed by atoms with Crippen molar-refractivity contribution in [3.63, 3.8) is 0 Å². The van der Waals surface area contributed by atoms with Gasteiger partial charge in [-0.1, -0.05) is 30.3 Å². The molecule has 0 spiro atoms. The number of Topliss-reactive ketones (excluding diaryl/α,β-unsaturated/α-hetero) is 1. The summed E-state index contributed by atoms with van der Waals surface area (Å²) in [6, 6.07) is 12.6. The monoisotopic (exact) mass is 243 g/mol. The van der Waals surface area contributed by atoms with Gasteiger partial charge in [-0.25, -0.2) is 4.79 Å². The Labute approximate surface area is 104 Å². The van der Waals surface area contributed by atoms with Crippen LogP contribution in [0.5, 0.6) is 0 Å². The molecule has 2 aromatic rings. The number of carboxylic acids is 1. The van der Waals surface area contributed by atoms with Crippen molar-refractivity contribution in [1.29, 1.82) is 0 Å². The highest BCUT2D eigenvalue weighted by Gasteiger charge is 2.11. The molecule has 0 aliphatic heterocycles. The fraction of sp³-hybridized carbons (Fsp3) is 0.143. The number of carboxylic acid groups (broad SMARTS) is 1. The molecule has 1 aromatic carbocycles. The van der Waals surface area contributed by atoms with Crippen LogP contribution in [0.15, 0.2) is 42.5 Å². The van der Waals surface area contributed by atoms with Crippen molar-refractivity contribution in [2.75, 3.05) is 0 Å². The summed E-state index contributed by atoms with van der Waals surface area (Å²) in [6.07, 6.45) is 1.02. The van der Waals surface area contributed by atoms with Crippen molar-refractivity contribution < 1.29 is 14.7 Å². The lowest BCUT2D eigenvalue weighted by atomic mass is 10.1.